The van der Waals surface area contributed by atoms with Gasteiger partial charge in [-0.25, -0.2) is 0 Å². The van der Waals surface area contributed by atoms with Gasteiger partial charge in [-0.15, -0.1) is 42.0 Å². The zero-order chi connectivity index (χ0) is 19.6. The number of ether oxygens (including phenoxy) is 1. The Morgan fingerprint density at radius 2 is 1.70 bits per heavy atom. The first kappa shape index (κ1) is 20.0. The summed E-state index contributed by atoms with van der Waals surface area (Å²) in [5, 5.41) is 0. The molecule has 0 bridgehead atoms. The van der Waals surface area contributed by atoms with E-state index in [0.29, 0.717) is 0 Å². The number of fused-ring (bicyclic) bond motifs is 2. The van der Waals surface area contributed by atoms with E-state index in [-0.39, 0.29) is 20.1 Å². The maximum atomic E-state index is 5.88. The Hall–Kier alpha value is -3.27. The number of pyridine rings is 1. The molecule has 5 heteroatoms. The van der Waals surface area contributed by atoms with Gasteiger partial charge in [-0.2, -0.15) is 18.2 Å². The molecule has 0 saturated carbocycles. The van der Waals surface area contributed by atoms with Crippen LogP contribution in [0.2, 0.25) is 0 Å². The van der Waals surface area contributed by atoms with Crippen LogP contribution in [0.5, 0.6) is 11.5 Å². The van der Waals surface area contributed by atoms with E-state index in [4.69, 9.17) is 4.74 Å². The van der Waals surface area contributed by atoms with E-state index in [1.165, 1.54) is 0 Å². The van der Waals surface area contributed by atoms with Crippen LogP contribution in [-0.2, 0) is 27.2 Å². The Bertz CT molecular complexity index is 1250. The number of hydrogen-bond donors (Lipinski definition) is 0. The smallest absolute Gasteiger partial charge is 0.527 e. The summed E-state index contributed by atoms with van der Waals surface area (Å²) in [4.78, 5) is 4.22. The van der Waals surface area contributed by atoms with Gasteiger partial charge in [0.05, 0.1) is 18.1 Å². The van der Waals surface area contributed by atoms with Gasteiger partial charge >= 0.3 is 20.1 Å². The van der Waals surface area contributed by atoms with Crippen molar-refractivity contribution < 1.29 is 29.4 Å². The fourth-order valence-electron chi connectivity index (χ4n) is 3.37. The van der Waals surface area contributed by atoms with Gasteiger partial charge in [-0.05, 0) is 23.5 Å². The van der Waals surface area contributed by atoms with Gasteiger partial charge in [0.15, 0.2) is 0 Å². The minimum Gasteiger partial charge on any atom is -0.527 e. The molecular weight excluding hydrogens is 551 g/mol. The van der Waals surface area contributed by atoms with Crippen LogP contribution in [-0.4, -0.2) is 9.55 Å². The van der Waals surface area contributed by atoms with Crippen molar-refractivity contribution >= 4 is 11.0 Å². The summed E-state index contributed by atoms with van der Waals surface area (Å²) in [7, 11) is 1.98. The van der Waals surface area contributed by atoms with Gasteiger partial charge in [0.2, 0.25) is 6.33 Å². The summed E-state index contributed by atoms with van der Waals surface area (Å²) in [6.07, 6.45) is 5.06. The van der Waals surface area contributed by atoms with Crippen LogP contribution in [0.25, 0.3) is 28.0 Å². The fraction of sp³-hybridized carbons (Fsp3) is 0.0400. The molecule has 146 valence electrons. The predicted octanol–water partition coefficient (Wildman–Crippen LogP) is 4.71. The first-order valence-corrected chi connectivity index (χ1v) is 9.31. The molecule has 0 amide bonds. The molecule has 3 aromatic carbocycles. The Morgan fingerprint density at radius 3 is 2.50 bits per heavy atom. The molecular formula is C25H17IrN3O+. The third-order valence-corrected chi connectivity index (χ3v) is 4.70. The molecule has 0 atom stereocenters. The van der Waals surface area contributed by atoms with E-state index in [0.717, 1.165) is 39.5 Å². The molecule has 0 fully saturated rings. The molecule has 3 heterocycles. The number of para-hydroxylation sites is 2. The van der Waals surface area contributed by atoms with Crippen molar-refractivity contribution in [2.45, 2.75) is 0 Å². The second-order valence-electron chi connectivity index (χ2n) is 6.59. The first-order valence-electron chi connectivity index (χ1n) is 9.31. The van der Waals surface area contributed by atoms with Crippen LogP contribution in [0.3, 0.4) is 0 Å². The van der Waals surface area contributed by atoms with Crippen LogP contribution in [0.4, 0.5) is 0 Å². The topological polar surface area (TPSA) is 30.9 Å². The number of aryl methyl sites for hydroxylation is 1. The van der Waals surface area contributed by atoms with Gasteiger partial charge in [0.1, 0.15) is 5.75 Å². The second kappa shape index (κ2) is 8.62. The zero-order valence-electron chi connectivity index (χ0n) is 16.2. The summed E-state index contributed by atoms with van der Waals surface area (Å²) in [5.41, 5.74) is 5.07. The van der Waals surface area contributed by atoms with Gasteiger partial charge < -0.3 is 18.9 Å². The van der Waals surface area contributed by atoms with Crippen LogP contribution >= 0.6 is 0 Å². The second-order valence-corrected chi connectivity index (χ2v) is 6.59. The zero-order valence-corrected chi connectivity index (χ0v) is 18.6. The maximum Gasteiger partial charge on any atom is 3.00 e. The van der Waals surface area contributed by atoms with E-state index >= 15 is 0 Å². The standard InChI is InChI=1S/C14H9N2O.C11H8N.Ir/c1-15-9-16-10-5-2-3-7-12(10)17-13-8-4-6-11(15)14(13)16;1-2-6-10(7-3-1)11-8-4-5-9-12-11;/h2-4,6-8H,1H3;1-6,8-9H;/q2*-1;+3. The molecule has 4 nitrogen and oxygen atoms in total. The number of hydrogen-bond acceptors (Lipinski definition) is 2. The number of benzene rings is 3. The average molecular weight is 568 g/mol. The van der Waals surface area contributed by atoms with Gasteiger partial charge in [0, 0.05) is 11.9 Å². The molecule has 6 rings (SSSR count). The number of aromatic nitrogens is 3. The van der Waals surface area contributed by atoms with E-state index in [9.17, 15) is 0 Å². The van der Waals surface area contributed by atoms with Crippen molar-refractivity contribution in [1.82, 2.24) is 9.55 Å². The third-order valence-electron chi connectivity index (χ3n) is 4.70. The van der Waals surface area contributed by atoms with Crippen LogP contribution < -0.4 is 9.30 Å². The average Bonchev–Trinajstić information content (AvgIpc) is 3.14. The molecule has 1 aliphatic heterocycles. The number of nitrogens with zero attached hydrogens (tertiary/aromatic N) is 3. The quantitative estimate of drug-likeness (QED) is 0.213. The van der Waals surface area contributed by atoms with E-state index < -0.39 is 0 Å². The summed E-state index contributed by atoms with van der Waals surface area (Å²) < 4.78 is 9.85. The van der Waals surface area contributed by atoms with Crippen LogP contribution in [0.1, 0.15) is 0 Å². The molecule has 30 heavy (non-hydrogen) atoms. The van der Waals surface area contributed by atoms with Crippen molar-refractivity contribution in [1.29, 1.82) is 0 Å². The molecule has 0 spiro atoms. The Morgan fingerprint density at radius 1 is 0.867 bits per heavy atom. The molecule has 0 unspecified atom stereocenters. The summed E-state index contributed by atoms with van der Waals surface area (Å²) in [6, 6.07) is 31.8. The van der Waals surface area contributed by atoms with Crippen molar-refractivity contribution in [3.05, 3.63) is 104 Å². The van der Waals surface area contributed by atoms with Gasteiger partial charge in [-0.1, -0.05) is 24.3 Å². The molecule has 0 N–H and O–H groups in total. The largest absolute Gasteiger partial charge is 3.00 e. The number of rotatable bonds is 1. The fourth-order valence-corrected chi connectivity index (χ4v) is 3.37. The molecule has 0 radical (unpaired) electrons. The maximum absolute atomic E-state index is 5.88. The third kappa shape index (κ3) is 3.65. The van der Waals surface area contributed by atoms with Crippen LogP contribution in [0, 0.1) is 18.5 Å². The Kier molecular flexibility index (Phi) is 5.75. The van der Waals surface area contributed by atoms with Crippen molar-refractivity contribution in [3.8, 4) is 28.4 Å². The summed E-state index contributed by atoms with van der Waals surface area (Å²) in [5.74, 6) is 1.69. The Labute approximate surface area is 188 Å². The van der Waals surface area contributed by atoms with E-state index in [1.54, 1.807) is 6.20 Å². The minimum absolute atomic E-state index is 0. The van der Waals surface area contributed by atoms with E-state index in [2.05, 4.69) is 29.5 Å². The SMILES string of the molecule is Cn1[c-][n+]2c3c(cccc31)Oc1ccc[c-]c1-2.[Ir+3].[c-]1ccccc1-c1ccccn1. The Balaban J connectivity index is 0.000000149. The summed E-state index contributed by atoms with van der Waals surface area (Å²) >= 11 is 0. The van der Waals surface area contributed by atoms with Crippen LogP contribution in [0.15, 0.2) is 85.1 Å². The van der Waals surface area contributed by atoms with Crippen molar-refractivity contribution in [2.75, 3.05) is 0 Å². The van der Waals surface area contributed by atoms with Gasteiger partial charge in [-0.3, -0.25) is 0 Å². The van der Waals surface area contributed by atoms with E-state index in [1.807, 2.05) is 89.0 Å². The van der Waals surface area contributed by atoms with Gasteiger partial charge in [0.25, 0.3) is 0 Å². The normalized spacial score (nSPS) is 10.8. The number of imidazole rings is 1. The molecule has 0 saturated heterocycles. The van der Waals surface area contributed by atoms with Crippen molar-refractivity contribution in [2.24, 2.45) is 7.05 Å². The molecule has 1 aliphatic rings. The molecule has 0 aliphatic carbocycles. The monoisotopic (exact) mass is 568 g/mol. The molecule has 5 aromatic rings. The van der Waals surface area contributed by atoms with Crippen molar-refractivity contribution in [3.63, 3.8) is 0 Å². The first-order chi connectivity index (χ1) is 14.3. The predicted molar refractivity (Wildman–Crippen MR) is 111 cm³/mol. The molecule has 2 aromatic heterocycles. The summed E-state index contributed by atoms with van der Waals surface area (Å²) in [6.45, 7) is 0. The minimum atomic E-state index is 0.